The standard InChI is InChI=1S/C14H17FN2O4/c15-12-7-10(17(20)21)5-6-13(12)16-8-9-3-1-2-4-11(9)14(18)19/h5-7,9,11,16H,1-4,8H2,(H,18,19). The normalized spacial score (nSPS) is 21.8. The fraction of sp³-hybridized carbons (Fsp3) is 0.500. The number of nitrogens with one attached hydrogen (secondary N) is 1. The van der Waals surface area contributed by atoms with Crippen LogP contribution in [0, 0.1) is 27.8 Å². The van der Waals surface area contributed by atoms with Crippen LogP contribution < -0.4 is 5.32 Å². The zero-order chi connectivity index (χ0) is 15.4. The molecule has 2 N–H and O–H groups in total. The molecule has 1 aromatic carbocycles. The van der Waals surface area contributed by atoms with Crippen molar-refractivity contribution in [3.63, 3.8) is 0 Å². The molecule has 0 bridgehead atoms. The maximum absolute atomic E-state index is 13.7. The summed E-state index contributed by atoms with van der Waals surface area (Å²) in [5, 5.41) is 22.6. The fourth-order valence-electron chi connectivity index (χ4n) is 2.78. The highest BCUT2D eigenvalue weighted by molar-refractivity contribution is 5.70. The van der Waals surface area contributed by atoms with Crippen molar-refractivity contribution in [2.45, 2.75) is 25.7 Å². The smallest absolute Gasteiger partial charge is 0.306 e. The van der Waals surface area contributed by atoms with E-state index in [9.17, 15) is 24.4 Å². The van der Waals surface area contributed by atoms with E-state index >= 15 is 0 Å². The Labute approximate surface area is 121 Å². The van der Waals surface area contributed by atoms with Gasteiger partial charge in [0.1, 0.15) is 0 Å². The lowest BCUT2D eigenvalue weighted by molar-refractivity contribution is -0.385. The molecular formula is C14H17FN2O4. The van der Waals surface area contributed by atoms with Crippen LogP contribution in [0.4, 0.5) is 15.8 Å². The Morgan fingerprint density at radius 2 is 2.14 bits per heavy atom. The van der Waals surface area contributed by atoms with Crippen molar-refractivity contribution < 1.29 is 19.2 Å². The van der Waals surface area contributed by atoms with E-state index in [1.807, 2.05) is 0 Å². The molecule has 1 aliphatic carbocycles. The zero-order valence-corrected chi connectivity index (χ0v) is 11.4. The number of anilines is 1. The molecule has 2 rings (SSSR count). The van der Waals surface area contributed by atoms with Crippen molar-refractivity contribution in [2.24, 2.45) is 11.8 Å². The second-order valence-corrected chi connectivity index (χ2v) is 5.29. The summed E-state index contributed by atoms with van der Waals surface area (Å²) in [6, 6.07) is 3.39. The summed E-state index contributed by atoms with van der Waals surface area (Å²) in [4.78, 5) is 21.1. The van der Waals surface area contributed by atoms with Crippen LogP contribution in [0.3, 0.4) is 0 Å². The highest BCUT2D eigenvalue weighted by Crippen LogP contribution is 2.31. The first-order valence-electron chi connectivity index (χ1n) is 6.89. The van der Waals surface area contributed by atoms with Crippen molar-refractivity contribution in [1.29, 1.82) is 0 Å². The van der Waals surface area contributed by atoms with Gasteiger partial charge >= 0.3 is 5.97 Å². The minimum atomic E-state index is -0.814. The maximum atomic E-state index is 13.7. The third kappa shape index (κ3) is 3.68. The molecule has 0 radical (unpaired) electrons. The molecule has 1 saturated carbocycles. The predicted molar refractivity (Wildman–Crippen MR) is 74.6 cm³/mol. The second kappa shape index (κ2) is 6.51. The van der Waals surface area contributed by atoms with E-state index in [0.717, 1.165) is 25.3 Å². The number of halogens is 1. The maximum Gasteiger partial charge on any atom is 0.306 e. The summed E-state index contributed by atoms with van der Waals surface area (Å²) in [5.74, 6) is -1.98. The number of carbonyl (C=O) groups is 1. The number of nitro groups is 1. The topological polar surface area (TPSA) is 92.5 Å². The van der Waals surface area contributed by atoms with Gasteiger partial charge in [0.25, 0.3) is 5.69 Å². The summed E-state index contributed by atoms with van der Waals surface area (Å²) in [5.41, 5.74) is -0.144. The molecule has 21 heavy (non-hydrogen) atoms. The van der Waals surface area contributed by atoms with Gasteiger partial charge in [-0.2, -0.15) is 0 Å². The first-order chi connectivity index (χ1) is 9.99. The highest BCUT2D eigenvalue weighted by Gasteiger charge is 2.30. The van der Waals surface area contributed by atoms with E-state index in [1.165, 1.54) is 12.1 Å². The Hall–Kier alpha value is -2.18. The Bertz CT molecular complexity index is 550. The molecule has 1 aliphatic rings. The summed E-state index contributed by atoms with van der Waals surface area (Å²) >= 11 is 0. The number of aliphatic carboxylic acids is 1. The lowest BCUT2D eigenvalue weighted by Crippen LogP contribution is -2.31. The Morgan fingerprint density at radius 1 is 1.43 bits per heavy atom. The first-order valence-corrected chi connectivity index (χ1v) is 6.89. The SMILES string of the molecule is O=C(O)C1CCCCC1CNc1ccc([N+](=O)[O-])cc1F. The largest absolute Gasteiger partial charge is 0.481 e. The number of hydrogen-bond acceptors (Lipinski definition) is 4. The van der Waals surface area contributed by atoms with Crippen LogP contribution in [0.5, 0.6) is 0 Å². The molecule has 6 nitrogen and oxygen atoms in total. The van der Waals surface area contributed by atoms with Gasteiger partial charge in [-0.15, -0.1) is 0 Å². The molecule has 2 atom stereocenters. The van der Waals surface area contributed by atoms with Crippen molar-refractivity contribution in [3.05, 3.63) is 34.1 Å². The molecule has 0 spiro atoms. The van der Waals surface area contributed by atoms with Crippen LogP contribution in [0.15, 0.2) is 18.2 Å². The van der Waals surface area contributed by atoms with Crippen LogP contribution in [0.2, 0.25) is 0 Å². The molecule has 0 saturated heterocycles. The van der Waals surface area contributed by atoms with Crippen molar-refractivity contribution in [3.8, 4) is 0 Å². The van der Waals surface area contributed by atoms with Gasteiger partial charge in [0.2, 0.25) is 0 Å². The van der Waals surface area contributed by atoms with E-state index in [0.29, 0.717) is 13.0 Å². The number of rotatable bonds is 5. The molecular weight excluding hydrogens is 279 g/mol. The molecule has 0 aromatic heterocycles. The molecule has 0 aliphatic heterocycles. The van der Waals surface area contributed by atoms with Crippen LogP contribution in [0.25, 0.3) is 0 Å². The van der Waals surface area contributed by atoms with Gasteiger partial charge in [-0.05, 0) is 24.8 Å². The Balaban J connectivity index is 2.02. The zero-order valence-electron chi connectivity index (χ0n) is 11.4. The van der Waals surface area contributed by atoms with Crippen molar-refractivity contribution in [1.82, 2.24) is 0 Å². The molecule has 1 aromatic rings. The number of benzene rings is 1. The highest BCUT2D eigenvalue weighted by atomic mass is 19.1. The van der Waals surface area contributed by atoms with E-state index in [4.69, 9.17) is 0 Å². The van der Waals surface area contributed by atoms with Gasteiger partial charge in [0, 0.05) is 12.6 Å². The first kappa shape index (κ1) is 15.2. The molecule has 0 heterocycles. The van der Waals surface area contributed by atoms with E-state index < -0.39 is 22.6 Å². The van der Waals surface area contributed by atoms with Gasteiger partial charge in [-0.25, -0.2) is 4.39 Å². The van der Waals surface area contributed by atoms with Crippen LogP contribution in [-0.4, -0.2) is 22.5 Å². The van der Waals surface area contributed by atoms with Gasteiger partial charge in [-0.3, -0.25) is 14.9 Å². The van der Waals surface area contributed by atoms with E-state index in [2.05, 4.69) is 5.32 Å². The Morgan fingerprint density at radius 3 is 2.76 bits per heavy atom. The third-order valence-corrected chi connectivity index (χ3v) is 3.94. The fourth-order valence-corrected chi connectivity index (χ4v) is 2.78. The van der Waals surface area contributed by atoms with Gasteiger partial charge in [0.05, 0.1) is 22.6 Å². The summed E-state index contributed by atoms with van der Waals surface area (Å²) in [6.07, 6.45) is 3.31. The van der Waals surface area contributed by atoms with Gasteiger partial charge < -0.3 is 10.4 Å². The average molecular weight is 296 g/mol. The summed E-state index contributed by atoms with van der Waals surface area (Å²) < 4.78 is 13.7. The van der Waals surface area contributed by atoms with Gasteiger partial charge in [-0.1, -0.05) is 12.8 Å². The van der Waals surface area contributed by atoms with Crippen LogP contribution in [-0.2, 0) is 4.79 Å². The lowest BCUT2D eigenvalue weighted by atomic mass is 9.79. The van der Waals surface area contributed by atoms with Gasteiger partial charge in [0.15, 0.2) is 5.82 Å². The van der Waals surface area contributed by atoms with Crippen molar-refractivity contribution >= 4 is 17.3 Å². The number of carboxylic acids is 1. The number of non-ortho nitro benzene ring substituents is 1. The van der Waals surface area contributed by atoms with E-state index in [1.54, 1.807) is 0 Å². The minimum absolute atomic E-state index is 0.0501. The van der Waals surface area contributed by atoms with E-state index in [-0.39, 0.29) is 17.3 Å². The summed E-state index contributed by atoms with van der Waals surface area (Å²) in [7, 11) is 0. The molecule has 1 fully saturated rings. The number of hydrogen-bond donors (Lipinski definition) is 2. The number of carboxylic acid groups (broad SMARTS) is 1. The third-order valence-electron chi connectivity index (χ3n) is 3.94. The monoisotopic (exact) mass is 296 g/mol. The lowest BCUT2D eigenvalue weighted by Gasteiger charge is -2.28. The molecule has 7 heteroatoms. The minimum Gasteiger partial charge on any atom is -0.481 e. The second-order valence-electron chi connectivity index (χ2n) is 5.29. The van der Waals surface area contributed by atoms with Crippen LogP contribution in [0.1, 0.15) is 25.7 Å². The average Bonchev–Trinajstić information content (AvgIpc) is 2.46. The Kier molecular flexibility index (Phi) is 4.72. The summed E-state index contributed by atoms with van der Waals surface area (Å²) in [6.45, 7) is 0.353. The predicted octanol–water partition coefficient (Wildman–Crippen LogP) is 3.04. The molecule has 0 amide bonds. The van der Waals surface area contributed by atoms with Crippen LogP contribution >= 0.6 is 0 Å². The molecule has 2 unspecified atom stereocenters. The van der Waals surface area contributed by atoms with Crippen molar-refractivity contribution in [2.75, 3.05) is 11.9 Å². The number of nitro benzene ring substituents is 1. The molecule has 114 valence electrons. The quantitative estimate of drug-likeness (QED) is 0.643. The number of nitrogens with zero attached hydrogens (tertiary/aromatic N) is 1.